The number of carbonyl (C=O) groups is 1. The predicted molar refractivity (Wildman–Crippen MR) is 99.7 cm³/mol. The van der Waals surface area contributed by atoms with Gasteiger partial charge in [-0.2, -0.15) is 0 Å². The van der Waals surface area contributed by atoms with Crippen molar-refractivity contribution in [1.29, 1.82) is 0 Å². The van der Waals surface area contributed by atoms with Gasteiger partial charge in [-0.15, -0.1) is 0 Å². The number of amides is 1. The third-order valence-electron chi connectivity index (χ3n) is 5.11. The molecule has 132 valence electrons. The van der Waals surface area contributed by atoms with Gasteiger partial charge < -0.3 is 10.4 Å². The first-order chi connectivity index (χ1) is 12.7. The molecule has 2 heterocycles. The second-order valence-corrected chi connectivity index (χ2v) is 6.94. The van der Waals surface area contributed by atoms with Crippen LogP contribution in [0, 0.1) is 5.92 Å². The largest absolute Gasteiger partial charge is 0.393 e. The van der Waals surface area contributed by atoms with E-state index in [1.807, 2.05) is 42.5 Å². The van der Waals surface area contributed by atoms with Crippen LogP contribution in [0.3, 0.4) is 0 Å². The molecule has 0 saturated heterocycles. The second kappa shape index (κ2) is 7.22. The standard InChI is InChI=1S/C21H21N3O2/c25-18-12-17(13-18)20(10-14-5-8-22-9-6-14)24-21(26)16-3-4-19-15(11-16)2-1-7-23-19/h1-9,11,17-18,20,25H,10,12-13H2,(H,24,26). The average Bonchev–Trinajstić information content (AvgIpc) is 2.65. The highest BCUT2D eigenvalue weighted by atomic mass is 16.3. The molecule has 2 aromatic heterocycles. The van der Waals surface area contributed by atoms with Gasteiger partial charge in [-0.25, -0.2) is 0 Å². The normalized spacial score (nSPS) is 20.3. The van der Waals surface area contributed by atoms with Crippen molar-refractivity contribution in [3.8, 4) is 0 Å². The maximum Gasteiger partial charge on any atom is 0.251 e. The lowest BCUT2D eigenvalue weighted by Gasteiger charge is -2.38. The van der Waals surface area contributed by atoms with E-state index in [1.165, 1.54) is 0 Å². The summed E-state index contributed by atoms with van der Waals surface area (Å²) in [6.45, 7) is 0. The van der Waals surface area contributed by atoms with Crippen LogP contribution < -0.4 is 5.32 Å². The Labute approximate surface area is 152 Å². The lowest BCUT2D eigenvalue weighted by atomic mass is 9.75. The Kier molecular flexibility index (Phi) is 4.63. The van der Waals surface area contributed by atoms with E-state index in [0.717, 1.165) is 35.7 Å². The maximum absolute atomic E-state index is 12.8. The Balaban J connectivity index is 1.52. The summed E-state index contributed by atoms with van der Waals surface area (Å²) >= 11 is 0. The van der Waals surface area contributed by atoms with Gasteiger partial charge >= 0.3 is 0 Å². The van der Waals surface area contributed by atoms with E-state index < -0.39 is 0 Å². The average molecular weight is 347 g/mol. The van der Waals surface area contributed by atoms with Crippen molar-refractivity contribution in [2.24, 2.45) is 5.92 Å². The van der Waals surface area contributed by atoms with E-state index in [-0.39, 0.29) is 18.1 Å². The third kappa shape index (κ3) is 3.58. The van der Waals surface area contributed by atoms with Gasteiger partial charge in [0.05, 0.1) is 11.6 Å². The summed E-state index contributed by atoms with van der Waals surface area (Å²) in [6.07, 6.45) is 7.23. The van der Waals surface area contributed by atoms with Crippen molar-refractivity contribution in [3.63, 3.8) is 0 Å². The molecule has 1 aliphatic rings. The topological polar surface area (TPSA) is 75.1 Å². The van der Waals surface area contributed by atoms with Crippen molar-refractivity contribution >= 4 is 16.8 Å². The molecule has 3 aromatic rings. The van der Waals surface area contributed by atoms with Crippen molar-refractivity contribution in [2.45, 2.75) is 31.4 Å². The number of hydrogen-bond acceptors (Lipinski definition) is 4. The van der Waals surface area contributed by atoms with Crippen LogP contribution in [-0.4, -0.2) is 33.1 Å². The molecule has 5 nitrogen and oxygen atoms in total. The van der Waals surface area contributed by atoms with Crippen molar-refractivity contribution < 1.29 is 9.90 Å². The van der Waals surface area contributed by atoms with Crippen LogP contribution in [0.2, 0.25) is 0 Å². The van der Waals surface area contributed by atoms with Gasteiger partial charge in [-0.1, -0.05) is 6.07 Å². The summed E-state index contributed by atoms with van der Waals surface area (Å²) in [5.41, 5.74) is 2.64. The Morgan fingerprint density at radius 3 is 2.73 bits per heavy atom. The van der Waals surface area contributed by atoms with Gasteiger partial charge in [0.25, 0.3) is 5.91 Å². The zero-order valence-corrected chi connectivity index (χ0v) is 14.4. The number of aliphatic hydroxyl groups excluding tert-OH is 1. The van der Waals surface area contributed by atoms with Crippen molar-refractivity contribution in [2.75, 3.05) is 0 Å². The smallest absolute Gasteiger partial charge is 0.251 e. The van der Waals surface area contributed by atoms with Gasteiger partial charge in [-0.3, -0.25) is 14.8 Å². The van der Waals surface area contributed by atoms with E-state index in [2.05, 4.69) is 15.3 Å². The Hall–Kier alpha value is -2.79. The minimum Gasteiger partial charge on any atom is -0.393 e. The van der Waals surface area contributed by atoms with E-state index in [9.17, 15) is 9.90 Å². The van der Waals surface area contributed by atoms with Gasteiger partial charge in [0, 0.05) is 35.6 Å². The summed E-state index contributed by atoms with van der Waals surface area (Å²) in [5, 5.41) is 13.8. The van der Waals surface area contributed by atoms with Crippen LogP contribution in [0.15, 0.2) is 61.1 Å². The van der Waals surface area contributed by atoms with Crippen LogP contribution in [0.25, 0.3) is 10.9 Å². The first kappa shape index (κ1) is 16.7. The predicted octanol–water partition coefficient (Wildman–Crippen LogP) is 2.74. The van der Waals surface area contributed by atoms with E-state index in [0.29, 0.717) is 11.5 Å². The number of rotatable bonds is 5. The number of nitrogens with zero attached hydrogens (tertiary/aromatic N) is 2. The molecule has 1 atom stereocenters. The summed E-state index contributed by atoms with van der Waals surface area (Å²) in [6, 6.07) is 13.3. The maximum atomic E-state index is 12.8. The molecule has 2 N–H and O–H groups in total. The molecule has 1 aliphatic carbocycles. The van der Waals surface area contributed by atoms with Crippen LogP contribution in [0.5, 0.6) is 0 Å². The molecular weight excluding hydrogens is 326 g/mol. The molecule has 1 aromatic carbocycles. The molecule has 0 spiro atoms. The minimum absolute atomic E-state index is 0.00195. The first-order valence-electron chi connectivity index (χ1n) is 8.91. The molecule has 0 aliphatic heterocycles. The quantitative estimate of drug-likeness (QED) is 0.744. The van der Waals surface area contributed by atoms with Gasteiger partial charge in [0.2, 0.25) is 0 Å². The number of carbonyl (C=O) groups excluding carboxylic acids is 1. The number of hydrogen-bond donors (Lipinski definition) is 2. The van der Waals surface area contributed by atoms with E-state index in [4.69, 9.17) is 0 Å². The molecule has 4 rings (SSSR count). The Morgan fingerprint density at radius 2 is 1.96 bits per heavy atom. The van der Waals surface area contributed by atoms with Gasteiger partial charge in [0.1, 0.15) is 0 Å². The molecular formula is C21H21N3O2. The second-order valence-electron chi connectivity index (χ2n) is 6.94. The summed E-state index contributed by atoms with van der Waals surface area (Å²) < 4.78 is 0. The number of pyridine rings is 2. The van der Waals surface area contributed by atoms with Crippen LogP contribution in [0.1, 0.15) is 28.8 Å². The van der Waals surface area contributed by atoms with Crippen molar-refractivity contribution in [3.05, 3.63) is 72.2 Å². The fraction of sp³-hybridized carbons (Fsp3) is 0.286. The van der Waals surface area contributed by atoms with Crippen molar-refractivity contribution in [1.82, 2.24) is 15.3 Å². The monoisotopic (exact) mass is 347 g/mol. The number of fused-ring (bicyclic) bond motifs is 1. The number of benzene rings is 1. The molecule has 1 unspecified atom stereocenters. The molecule has 1 amide bonds. The van der Waals surface area contributed by atoms with Gasteiger partial charge in [0.15, 0.2) is 0 Å². The summed E-state index contributed by atoms with van der Waals surface area (Å²) in [4.78, 5) is 21.1. The molecule has 26 heavy (non-hydrogen) atoms. The summed E-state index contributed by atoms with van der Waals surface area (Å²) in [7, 11) is 0. The van der Waals surface area contributed by atoms with Crippen LogP contribution >= 0.6 is 0 Å². The lowest BCUT2D eigenvalue weighted by Crippen LogP contribution is -2.48. The fourth-order valence-electron chi connectivity index (χ4n) is 3.54. The summed E-state index contributed by atoms with van der Waals surface area (Å²) in [5.74, 6) is 0.209. The fourth-order valence-corrected chi connectivity index (χ4v) is 3.54. The van der Waals surface area contributed by atoms with E-state index >= 15 is 0 Å². The van der Waals surface area contributed by atoms with Crippen LogP contribution in [-0.2, 0) is 6.42 Å². The number of nitrogens with one attached hydrogen (secondary N) is 1. The molecule has 1 fully saturated rings. The highest BCUT2D eigenvalue weighted by Gasteiger charge is 2.34. The van der Waals surface area contributed by atoms with Gasteiger partial charge in [-0.05, 0) is 67.1 Å². The highest BCUT2D eigenvalue weighted by molar-refractivity contribution is 5.98. The Bertz CT molecular complexity index is 907. The molecule has 0 bridgehead atoms. The molecule has 1 saturated carbocycles. The lowest BCUT2D eigenvalue weighted by molar-refractivity contribution is 0.0239. The number of aromatic nitrogens is 2. The first-order valence-corrected chi connectivity index (χ1v) is 8.91. The number of aliphatic hydroxyl groups is 1. The zero-order chi connectivity index (χ0) is 17.9. The third-order valence-corrected chi connectivity index (χ3v) is 5.11. The van der Waals surface area contributed by atoms with Crippen LogP contribution in [0.4, 0.5) is 0 Å². The molecule has 5 heteroatoms. The zero-order valence-electron chi connectivity index (χ0n) is 14.4. The Morgan fingerprint density at radius 1 is 1.15 bits per heavy atom. The highest BCUT2D eigenvalue weighted by Crippen LogP contribution is 2.32. The minimum atomic E-state index is -0.247. The van der Waals surface area contributed by atoms with E-state index in [1.54, 1.807) is 18.6 Å². The SMILES string of the molecule is O=C(NC(Cc1ccncc1)C1CC(O)C1)c1ccc2ncccc2c1. The molecule has 0 radical (unpaired) electrons.